The van der Waals surface area contributed by atoms with E-state index in [2.05, 4.69) is 34.2 Å². The number of nitriles is 1. The molecule has 0 radical (unpaired) electrons. The van der Waals surface area contributed by atoms with Gasteiger partial charge in [-0.05, 0) is 42.9 Å². The molecule has 1 aliphatic carbocycles. The van der Waals surface area contributed by atoms with Gasteiger partial charge in [0.2, 0.25) is 0 Å². The fraction of sp³-hybridized carbons (Fsp3) is 0.562. The third kappa shape index (κ3) is 3.98. The highest BCUT2D eigenvalue weighted by Crippen LogP contribution is 2.31. The zero-order valence-corrected chi connectivity index (χ0v) is 13.0. The molecule has 1 aliphatic rings. The maximum Gasteiger partial charge on any atom is 0.101 e. The molecule has 1 saturated carbocycles. The molecule has 1 fully saturated rings. The molecule has 0 bridgehead atoms. The fourth-order valence-electron chi connectivity index (χ4n) is 2.86. The lowest BCUT2D eigenvalue weighted by Crippen LogP contribution is -2.21. The summed E-state index contributed by atoms with van der Waals surface area (Å²) in [5.41, 5.74) is 1.68. The van der Waals surface area contributed by atoms with Gasteiger partial charge in [-0.2, -0.15) is 5.26 Å². The third-order valence-electron chi connectivity index (χ3n) is 4.23. The molecule has 102 valence electrons. The predicted molar refractivity (Wildman–Crippen MR) is 83.1 cm³/mol. The number of rotatable bonds is 4. The van der Waals surface area contributed by atoms with Gasteiger partial charge in [-0.15, -0.1) is 0 Å². The first-order valence-electron chi connectivity index (χ1n) is 7.16. The van der Waals surface area contributed by atoms with Crippen LogP contribution in [0.3, 0.4) is 0 Å². The van der Waals surface area contributed by atoms with Crippen LogP contribution in [0.15, 0.2) is 22.7 Å². The zero-order valence-electron chi connectivity index (χ0n) is 11.5. The van der Waals surface area contributed by atoms with Crippen LogP contribution in [-0.2, 0) is 0 Å². The SMILES string of the molecule is CCC1CCC(CNc2cc(Br)ccc2C#N)CC1. The Labute approximate surface area is 124 Å². The summed E-state index contributed by atoms with van der Waals surface area (Å²) in [5, 5.41) is 12.6. The summed E-state index contributed by atoms with van der Waals surface area (Å²) in [6.45, 7) is 3.28. The molecule has 1 aromatic rings. The Hall–Kier alpha value is -1.01. The molecular weight excluding hydrogens is 300 g/mol. The highest BCUT2D eigenvalue weighted by molar-refractivity contribution is 9.10. The van der Waals surface area contributed by atoms with E-state index in [4.69, 9.17) is 5.26 Å². The normalized spacial score (nSPS) is 22.8. The molecule has 0 heterocycles. The highest BCUT2D eigenvalue weighted by Gasteiger charge is 2.19. The first kappa shape index (κ1) is 14.4. The van der Waals surface area contributed by atoms with E-state index in [9.17, 15) is 0 Å². The average molecular weight is 321 g/mol. The smallest absolute Gasteiger partial charge is 0.101 e. The van der Waals surface area contributed by atoms with Crippen LogP contribution in [0.5, 0.6) is 0 Å². The maximum absolute atomic E-state index is 9.11. The van der Waals surface area contributed by atoms with Gasteiger partial charge in [0.15, 0.2) is 0 Å². The largest absolute Gasteiger partial charge is 0.384 e. The Kier molecular flexibility index (Phi) is 5.27. The van der Waals surface area contributed by atoms with Crippen molar-refractivity contribution in [3.05, 3.63) is 28.2 Å². The fourth-order valence-corrected chi connectivity index (χ4v) is 3.22. The molecule has 0 aliphatic heterocycles. The van der Waals surface area contributed by atoms with E-state index >= 15 is 0 Å². The molecule has 2 nitrogen and oxygen atoms in total. The number of anilines is 1. The summed E-state index contributed by atoms with van der Waals surface area (Å²) in [7, 11) is 0. The first-order chi connectivity index (χ1) is 9.22. The Morgan fingerprint density at radius 1 is 1.26 bits per heavy atom. The molecule has 1 N–H and O–H groups in total. The van der Waals surface area contributed by atoms with Crippen LogP contribution in [0.2, 0.25) is 0 Å². The number of hydrogen-bond donors (Lipinski definition) is 1. The molecule has 2 rings (SSSR count). The van der Waals surface area contributed by atoms with Crippen LogP contribution >= 0.6 is 15.9 Å². The van der Waals surface area contributed by atoms with Crippen LogP contribution in [0, 0.1) is 23.2 Å². The van der Waals surface area contributed by atoms with Gasteiger partial charge in [0.05, 0.1) is 11.3 Å². The second kappa shape index (κ2) is 6.96. The molecule has 0 atom stereocenters. The summed E-state index contributed by atoms with van der Waals surface area (Å²) in [4.78, 5) is 0. The standard InChI is InChI=1S/C16H21BrN2/c1-2-12-3-5-13(6-4-12)11-19-16-9-15(17)8-7-14(16)10-18/h7-9,12-13,19H,2-6,11H2,1H3. The van der Waals surface area contributed by atoms with Crippen molar-refractivity contribution in [2.75, 3.05) is 11.9 Å². The minimum atomic E-state index is 0.727. The van der Waals surface area contributed by atoms with Crippen LogP contribution < -0.4 is 5.32 Å². The minimum Gasteiger partial charge on any atom is -0.384 e. The van der Waals surface area contributed by atoms with Gasteiger partial charge in [-0.3, -0.25) is 0 Å². The molecule has 3 heteroatoms. The second-order valence-electron chi connectivity index (χ2n) is 5.48. The third-order valence-corrected chi connectivity index (χ3v) is 4.72. The number of benzene rings is 1. The number of halogens is 1. The molecule has 1 aromatic carbocycles. The summed E-state index contributed by atoms with van der Waals surface area (Å²) in [6.07, 6.45) is 6.70. The molecule has 0 spiro atoms. The summed E-state index contributed by atoms with van der Waals surface area (Å²) in [6, 6.07) is 8.01. The Bertz CT molecular complexity index is 456. The van der Waals surface area contributed by atoms with E-state index in [-0.39, 0.29) is 0 Å². The van der Waals surface area contributed by atoms with E-state index in [1.54, 1.807) is 0 Å². The van der Waals surface area contributed by atoms with Crippen LogP contribution in [-0.4, -0.2) is 6.54 Å². The number of nitrogens with zero attached hydrogens (tertiary/aromatic N) is 1. The molecular formula is C16H21BrN2. The number of nitrogens with one attached hydrogen (secondary N) is 1. The maximum atomic E-state index is 9.11. The van der Waals surface area contributed by atoms with Gasteiger partial charge in [0, 0.05) is 11.0 Å². The van der Waals surface area contributed by atoms with Crippen molar-refractivity contribution in [2.24, 2.45) is 11.8 Å². The van der Waals surface area contributed by atoms with E-state index in [0.29, 0.717) is 0 Å². The lowest BCUT2D eigenvalue weighted by molar-refractivity contribution is 0.278. The number of hydrogen-bond acceptors (Lipinski definition) is 2. The van der Waals surface area contributed by atoms with Gasteiger partial charge in [-0.1, -0.05) is 42.1 Å². The lowest BCUT2D eigenvalue weighted by Gasteiger charge is -2.28. The summed E-state index contributed by atoms with van der Waals surface area (Å²) in [5.74, 6) is 1.70. The van der Waals surface area contributed by atoms with Crippen molar-refractivity contribution in [3.63, 3.8) is 0 Å². The first-order valence-corrected chi connectivity index (χ1v) is 7.95. The van der Waals surface area contributed by atoms with Crippen LogP contribution in [0.4, 0.5) is 5.69 Å². The minimum absolute atomic E-state index is 0.727. The van der Waals surface area contributed by atoms with Gasteiger partial charge < -0.3 is 5.32 Å². The van der Waals surface area contributed by atoms with Crippen molar-refractivity contribution >= 4 is 21.6 Å². The van der Waals surface area contributed by atoms with Crippen molar-refractivity contribution in [2.45, 2.75) is 39.0 Å². The molecule has 0 unspecified atom stereocenters. The van der Waals surface area contributed by atoms with E-state index in [0.717, 1.165) is 34.1 Å². The van der Waals surface area contributed by atoms with Crippen molar-refractivity contribution in [3.8, 4) is 6.07 Å². The Morgan fingerprint density at radius 2 is 1.95 bits per heavy atom. The van der Waals surface area contributed by atoms with Gasteiger partial charge in [-0.25, -0.2) is 0 Å². The average Bonchev–Trinajstić information content (AvgIpc) is 2.46. The molecule has 0 amide bonds. The Balaban J connectivity index is 1.89. The monoisotopic (exact) mass is 320 g/mol. The molecule has 19 heavy (non-hydrogen) atoms. The van der Waals surface area contributed by atoms with E-state index in [1.807, 2.05) is 18.2 Å². The predicted octanol–water partition coefficient (Wildman–Crippen LogP) is 4.95. The van der Waals surface area contributed by atoms with Crippen LogP contribution in [0.25, 0.3) is 0 Å². The van der Waals surface area contributed by atoms with Gasteiger partial charge >= 0.3 is 0 Å². The van der Waals surface area contributed by atoms with Gasteiger partial charge in [0.1, 0.15) is 6.07 Å². The Morgan fingerprint density at radius 3 is 2.58 bits per heavy atom. The second-order valence-corrected chi connectivity index (χ2v) is 6.39. The quantitative estimate of drug-likeness (QED) is 0.852. The van der Waals surface area contributed by atoms with Gasteiger partial charge in [0.25, 0.3) is 0 Å². The molecule has 0 saturated heterocycles. The zero-order chi connectivity index (χ0) is 13.7. The van der Waals surface area contributed by atoms with Crippen LogP contribution in [0.1, 0.15) is 44.6 Å². The van der Waals surface area contributed by atoms with E-state index < -0.39 is 0 Å². The van der Waals surface area contributed by atoms with Crippen molar-refractivity contribution < 1.29 is 0 Å². The highest BCUT2D eigenvalue weighted by atomic mass is 79.9. The van der Waals surface area contributed by atoms with E-state index in [1.165, 1.54) is 32.1 Å². The lowest BCUT2D eigenvalue weighted by atomic mass is 9.81. The van der Waals surface area contributed by atoms with Crippen molar-refractivity contribution in [1.29, 1.82) is 5.26 Å². The summed E-state index contributed by atoms with van der Waals surface area (Å²) >= 11 is 3.46. The molecule has 0 aromatic heterocycles. The summed E-state index contributed by atoms with van der Waals surface area (Å²) < 4.78 is 1.02. The van der Waals surface area contributed by atoms with Crippen molar-refractivity contribution in [1.82, 2.24) is 0 Å². The topological polar surface area (TPSA) is 35.8 Å².